The SMILES string of the molecule is COCCOC(=O)c1ccc(C(=O)OCCO)cc1.COCCOc1ccc(C(C)(C)c2ccc(OCCO)cc2)cc1. The molecule has 0 spiro atoms. The van der Waals surface area contributed by atoms with Gasteiger partial charge in [-0.1, -0.05) is 38.1 Å². The van der Waals surface area contributed by atoms with Crippen molar-refractivity contribution < 1.29 is 48.2 Å². The molecule has 10 nitrogen and oxygen atoms in total. The summed E-state index contributed by atoms with van der Waals surface area (Å²) in [6.45, 7) is 6.07. The second-order valence-electron chi connectivity index (χ2n) is 9.65. The summed E-state index contributed by atoms with van der Waals surface area (Å²) >= 11 is 0. The first-order valence-corrected chi connectivity index (χ1v) is 13.9. The normalized spacial score (nSPS) is 10.7. The number of carbonyl (C=O) groups is 2. The van der Waals surface area contributed by atoms with Gasteiger partial charge in [0.05, 0.1) is 37.6 Å². The molecule has 3 aromatic rings. The Morgan fingerprint density at radius 3 is 1.37 bits per heavy atom. The Kier molecular flexibility index (Phi) is 15.8. The summed E-state index contributed by atoms with van der Waals surface area (Å²) in [5, 5.41) is 17.3. The van der Waals surface area contributed by atoms with Crippen LogP contribution in [0.2, 0.25) is 0 Å². The molecule has 0 amide bonds. The van der Waals surface area contributed by atoms with Crippen LogP contribution in [0.15, 0.2) is 72.8 Å². The van der Waals surface area contributed by atoms with E-state index >= 15 is 0 Å². The maximum absolute atomic E-state index is 11.5. The molecule has 0 saturated heterocycles. The minimum absolute atomic E-state index is 0.0199. The first-order valence-electron chi connectivity index (χ1n) is 13.9. The molecule has 0 bridgehead atoms. The second kappa shape index (κ2) is 19.3. The summed E-state index contributed by atoms with van der Waals surface area (Å²) < 4.78 is 30.4. The zero-order chi connectivity index (χ0) is 31.5. The lowest BCUT2D eigenvalue weighted by Crippen LogP contribution is -2.18. The van der Waals surface area contributed by atoms with Crippen molar-refractivity contribution in [2.75, 3.05) is 67.1 Å². The minimum Gasteiger partial charge on any atom is -0.491 e. The highest BCUT2D eigenvalue weighted by Crippen LogP contribution is 2.33. The van der Waals surface area contributed by atoms with E-state index in [1.54, 1.807) is 7.11 Å². The van der Waals surface area contributed by atoms with Gasteiger partial charge in [0.25, 0.3) is 0 Å². The fraction of sp³-hybridized carbons (Fsp3) is 0.394. The number of methoxy groups -OCH3 is 2. The predicted molar refractivity (Wildman–Crippen MR) is 161 cm³/mol. The number of aliphatic hydroxyl groups is 2. The molecule has 10 heteroatoms. The van der Waals surface area contributed by atoms with Crippen LogP contribution in [0, 0.1) is 0 Å². The average molecular weight is 599 g/mol. The van der Waals surface area contributed by atoms with Gasteiger partial charge in [-0.3, -0.25) is 0 Å². The van der Waals surface area contributed by atoms with Crippen molar-refractivity contribution in [1.29, 1.82) is 0 Å². The third-order valence-electron chi connectivity index (χ3n) is 6.27. The third-order valence-corrected chi connectivity index (χ3v) is 6.27. The van der Waals surface area contributed by atoms with Crippen LogP contribution in [0.25, 0.3) is 0 Å². The van der Waals surface area contributed by atoms with Gasteiger partial charge in [-0.2, -0.15) is 0 Å². The Balaban J connectivity index is 0.000000309. The predicted octanol–water partition coefficient (Wildman–Crippen LogP) is 4.05. The van der Waals surface area contributed by atoms with E-state index in [2.05, 4.69) is 38.1 Å². The van der Waals surface area contributed by atoms with Crippen molar-refractivity contribution in [3.05, 3.63) is 95.1 Å². The van der Waals surface area contributed by atoms with Crippen LogP contribution in [0.5, 0.6) is 11.5 Å². The molecule has 0 heterocycles. The zero-order valence-electron chi connectivity index (χ0n) is 25.2. The molecule has 0 aliphatic heterocycles. The first-order chi connectivity index (χ1) is 20.8. The van der Waals surface area contributed by atoms with E-state index in [9.17, 15) is 9.59 Å². The van der Waals surface area contributed by atoms with Crippen molar-refractivity contribution >= 4 is 11.9 Å². The summed E-state index contributed by atoms with van der Waals surface area (Å²) in [4.78, 5) is 23.0. The molecule has 0 aliphatic carbocycles. The van der Waals surface area contributed by atoms with E-state index in [4.69, 9.17) is 38.6 Å². The molecule has 0 aromatic heterocycles. The Hall–Kier alpha value is -3.96. The second-order valence-corrected chi connectivity index (χ2v) is 9.65. The fourth-order valence-corrected chi connectivity index (χ4v) is 3.77. The number of hydrogen-bond acceptors (Lipinski definition) is 10. The number of rotatable bonds is 16. The molecule has 2 N–H and O–H groups in total. The lowest BCUT2D eigenvalue weighted by Gasteiger charge is -2.26. The van der Waals surface area contributed by atoms with Crippen molar-refractivity contribution in [2.24, 2.45) is 0 Å². The van der Waals surface area contributed by atoms with Crippen LogP contribution in [-0.2, 0) is 24.4 Å². The highest BCUT2D eigenvalue weighted by atomic mass is 16.6. The maximum Gasteiger partial charge on any atom is 0.338 e. The summed E-state index contributed by atoms with van der Waals surface area (Å²) in [5.41, 5.74) is 2.94. The summed E-state index contributed by atoms with van der Waals surface area (Å²) in [7, 11) is 3.18. The molecule has 234 valence electrons. The summed E-state index contributed by atoms with van der Waals surface area (Å²) in [6, 6.07) is 22.1. The monoisotopic (exact) mass is 598 g/mol. The number of esters is 2. The Morgan fingerprint density at radius 1 is 0.558 bits per heavy atom. The van der Waals surface area contributed by atoms with Crippen LogP contribution in [0.4, 0.5) is 0 Å². The molecule has 0 aliphatic rings. The van der Waals surface area contributed by atoms with Gasteiger partial charge >= 0.3 is 11.9 Å². The van der Waals surface area contributed by atoms with Crippen LogP contribution in [0.3, 0.4) is 0 Å². The Morgan fingerprint density at radius 2 is 0.953 bits per heavy atom. The molecule has 3 aromatic carbocycles. The third kappa shape index (κ3) is 12.0. The lowest BCUT2D eigenvalue weighted by atomic mass is 9.78. The van der Waals surface area contributed by atoms with E-state index in [1.807, 2.05) is 24.3 Å². The summed E-state index contributed by atoms with van der Waals surface area (Å²) in [6.07, 6.45) is 0. The van der Waals surface area contributed by atoms with Gasteiger partial charge in [0.1, 0.15) is 37.9 Å². The number of hydrogen-bond donors (Lipinski definition) is 2. The zero-order valence-corrected chi connectivity index (χ0v) is 25.2. The molecular weight excluding hydrogens is 556 g/mol. The van der Waals surface area contributed by atoms with Crippen molar-refractivity contribution in [3.8, 4) is 11.5 Å². The van der Waals surface area contributed by atoms with E-state index in [1.165, 1.54) is 42.5 Å². The van der Waals surface area contributed by atoms with Crippen molar-refractivity contribution in [3.63, 3.8) is 0 Å². The molecule has 0 atom stereocenters. The van der Waals surface area contributed by atoms with Crippen LogP contribution >= 0.6 is 0 Å². The van der Waals surface area contributed by atoms with E-state index in [0.29, 0.717) is 37.6 Å². The van der Waals surface area contributed by atoms with E-state index in [0.717, 1.165) is 11.5 Å². The van der Waals surface area contributed by atoms with E-state index in [-0.39, 0.29) is 31.8 Å². The number of aliphatic hydroxyl groups excluding tert-OH is 2. The maximum atomic E-state index is 11.5. The number of benzene rings is 3. The number of ether oxygens (including phenoxy) is 6. The van der Waals surface area contributed by atoms with Gasteiger partial charge in [-0.05, 0) is 59.7 Å². The molecule has 43 heavy (non-hydrogen) atoms. The average Bonchev–Trinajstić information content (AvgIpc) is 3.03. The highest BCUT2D eigenvalue weighted by molar-refractivity contribution is 5.93. The molecule has 0 saturated carbocycles. The molecule has 3 rings (SSSR count). The first kappa shape index (κ1) is 35.2. The van der Waals surface area contributed by atoms with Crippen LogP contribution < -0.4 is 9.47 Å². The minimum atomic E-state index is -0.548. The smallest absolute Gasteiger partial charge is 0.338 e. The van der Waals surface area contributed by atoms with Gasteiger partial charge in [-0.25, -0.2) is 9.59 Å². The molecule has 0 fully saturated rings. The van der Waals surface area contributed by atoms with Crippen LogP contribution in [0.1, 0.15) is 45.7 Å². The lowest BCUT2D eigenvalue weighted by molar-refractivity contribution is 0.0385. The van der Waals surface area contributed by atoms with Gasteiger partial charge in [0.15, 0.2) is 0 Å². The standard InChI is InChI=1S/C20H26O4.C13H16O6/c1-20(2,16-4-8-18(9-5-16)23-13-12-21)17-6-10-19(11-7-17)24-15-14-22-3;1-17-8-9-19-13(16)11-4-2-10(3-5-11)12(15)18-7-6-14/h4-11,21H,12-15H2,1-3H3;2-5,14H,6-9H2,1H3. The number of carbonyl (C=O) groups excluding carboxylic acids is 2. The van der Waals surface area contributed by atoms with Gasteiger partial charge < -0.3 is 38.6 Å². The van der Waals surface area contributed by atoms with Crippen molar-refractivity contribution in [1.82, 2.24) is 0 Å². The van der Waals surface area contributed by atoms with E-state index < -0.39 is 11.9 Å². The Bertz CT molecular complexity index is 1210. The van der Waals surface area contributed by atoms with Crippen molar-refractivity contribution in [2.45, 2.75) is 19.3 Å². The van der Waals surface area contributed by atoms with Gasteiger partial charge in [0, 0.05) is 19.6 Å². The molecular formula is C33H42O10. The molecule has 0 unspecified atom stereocenters. The van der Waals surface area contributed by atoms with Crippen LogP contribution in [-0.4, -0.2) is 89.2 Å². The Labute approximate surface area is 253 Å². The topological polar surface area (TPSA) is 130 Å². The summed E-state index contributed by atoms with van der Waals surface area (Å²) in [5.74, 6) is 0.588. The quantitative estimate of drug-likeness (QED) is 0.184. The largest absolute Gasteiger partial charge is 0.491 e. The molecule has 0 radical (unpaired) electrons. The van der Waals surface area contributed by atoms with Gasteiger partial charge in [0.2, 0.25) is 0 Å². The highest BCUT2D eigenvalue weighted by Gasteiger charge is 2.23. The van der Waals surface area contributed by atoms with Gasteiger partial charge in [-0.15, -0.1) is 0 Å². The fourth-order valence-electron chi connectivity index (χ4n) is 3.77.